The van der Waals surface area contributed by atoms with Crippen molar-refractivity contribution in [1.82, 2.24) is 25.5 Å². The Morgan fingerprint density at radius 3 is 2.82 bits per heavy atom. The van der Waals surface area contributed by atoms with Gasteiger partial charge in [0.05, 0.1) is 11.2 Å². The van der Waals surface area contributed by atoms with E-state index in [-0.39, 0.29) is 11.9 Å². The van der Waals surface area contributed by atoms with Gasteiger partial charge >= 0.3 is 0 Å². The highest BCUT2D eigenvalue weighted by Gasteiger charge is 2.24. The second kappa shape index (κ2) is 8.78. The summed E-state index contributed by atoms with van der Waals surface area (Å²) in [7, 11) is 1.81. The van der Waals surface area contributed by atoms with Crippen molar-refractivity contribution in [3.8, 4) is 11.3 Å². The summed E-state index contributed by atoms with van der Waals surface area (Å²) in [4.78, 5) is 24.2. The van der Waals surface area contributed by atoms with Crippen LogP contribution in [-0.2, 0) is 0 Å². The van der Waals surface area contributed by atoms with Gasteiger partial charge in [0.1, 0.15) is 5.82 Å². The molecule has 0 spiro atoms. The minimum absolute atomic E-state index is 0.0473. The molecule has 9 nitrogen and oxygen atoms in total. The number of nitrogen functional groups attached to an aromatic ring is 1. The molecule has 1 aliphatic heterocycles. The fourth-order valence-corrected chi connectivity index (χ4v) is 4.22. The van der Waals surface area contributed by atoms with Crippen LogP contribution >= 0.6 is 0 Å². The molecular weight excluding hydrogens is 416 g/mol. The fourth-order valence-electron chi connectivity index (χ4n) is 4.22. The van der Waals surface area contributed by atoms with E-state index in [9.17, 15) is 4.79 Å². The fraction of sp³-hybridized carbons (Fsp3) is 0.250. The number of nitrogens with one attached hydrogen (secondary N) is 3. The molecule has 168 valence electrons. The molecular formula is C24H26N8O. The van der Waals surface area contributed by atoms with Crippen molar-refractivity contribution in [2.45, 2.75) is 18.9 Å². The van der Waals surface area contributed by atoms with Gasteiger partial charge in [-0.15, -0.1) is 0 Å². The third-order valence-corrected chi connectivity index (χ3v) is 5.94. The highest BCUT2D eigenvalue weighted by Crippen LogP contribution is 2.28. The molecule has 0 bridgehead atoms. The monoisotopic (exact) mass is 442 g/mol. The van der Waals surface area contributed by atoms with Crippen LogP contribution in [0.25, 0.3) is 22.2 Å². The van der Waals surface area contributed by atoms with Gasteiger partial charge in [-0.05, 0) is 37.1 Å². The summed E-state index contributed by atoms with van der Waals surface area (Å²) >= 11 is 0. The van der Waals surface area contributed by atoms with Gasteiger partial charge in [-0.2, -0.15) is 10.1 Å². The average molecular weight is 443 g/mol. The van der Waals surface area contributed by atoms with E-state index in [4.69, 9.17) is 10.7 Å². The molecule has 1 fully saturated rings. The Bertz CT molecular complexity index is 1290. The maximum Gasteiger partial charge on any atom is 0.251 e. The Kier molecular flexibility index (Phi) is 5.52. The normalized spacial score (nSPS) is 16.0. The lowest BCUT2D eigenvalue weighted by Gasteiger charge is -2.34. The van der Waals surface area contributed by atoms with Crippen molar-refractivity contribution in [2.75, 3.05) is 36.1 Å². The Labute approximate surface area is 191 Å². The number of aromatic amines is 1. The molecule has 2 aromatic heterocycles. The zero-order valence-electron chi connectivity index (χ0n) is 18.4. The third kappa shape index (κ3) is 4.30. The average Bonchev–Trinajstić information content (AvgIpc) is 3.24. The predicted molar refractivity (Wildman–Crippen MR) is 130 cm³/mol. The van der Waals surface area contributed by atoms with Crippen LogP contribution in [0.15, 0.2) is 54.6 Å². The van der Waals surface area contributed by atoms with Crippen LogP contribution in [0, 0.1) is 0 Å². The largest absolute Gasteiger partial charge is 0.382 e. The minimum atomic E-state index is -0.0473. The van der Waals surface area contributed by atoms with Crippen LogP contribution in [0.5, 0.6) is 0 Å². The highest BCUT2D eigenvalue weighted by molar-refractivity contribution is 5.94. The smallest absolute Gasteiger partial charge is 0.251 e. The maximum atomic E-state index is 12.6. The number of carbonyl (C=O) groups is 1. The number of fused-ring (bicyclic) bond motifs is 1. The number of rotatable bonds is 5. The summed E-state index contributed by atoms with van der Waals surface area (Å²) in [6, 6.07) is 17.3. The summed E-state index contributed by atoms with van der Waals surface area (Å²) < 4.78 is 0. The zero-order valence-corrected chi connectivity index (χ0v) is 18.4. The number of anilines is 3. The lowest BCUT2D eigenvalue weighted by molar-refractivity contribution is 0.0933. The van der Waals surface area contributed by atoms with Gasteiger partial charge in [-0.1, -0.05) is 24.3 Å². The van der Waals surface area contributed by atoms with Gasteiger partial charge in [0.2, 0.25) is 5.95 Å². The Morgan fingerprint density at radius 2 is 2.00 bits per heavy atom. The molecule has 1 saturated heterocycles. The maximum absolute atomic E-state index is 12.6. The molecule has 1 atom stereocenters. The number of hydrogen-bond acceptors (Lipinski definition) is 7. The van der Waals surface area contributed by atoms with Crippen LogP contribution < -0.4 is 21.3 Å². The van der Waals surface area contributed by atoms with Crippen molar-refractivity contribution < 1.29 is 4.79 Å². The number of nitrogens with two attached hydrogens (primary N) is 1. The van der Waals surface area contributed by atoms with E-state index in [1.807, 2.05) is 54.6 Å². The van der Waals surface area contributed by atoms with Gasteiger partial charge in [-0.3, -0.25) is 9.89 Å². The highest BCUT2D eigenvalue weighted by atomic mass is 16.1. The number of aromatic nitrogens is 4. The summed E-state index contributed by atoms with van der Waals surface area (Å²) in [5, 5.41) is 14.1. The molecule has 0 saturated carbocycles. The first kappa shape index (κ1) is 20.7. The number of piperidine rings is 1. The van der Waals surface area contributed by atoms with Crippen molar-refractivity contribution in [2.24, 2.45) is 0 Å². The molecule has 5 N–H and O–H groups in total. The van der Waals surface area contributed by atoms with Crippen molar-refractivity contribution in [1.29, 1.82) is 0 Å². The standard InChI is InChI=1S/C24H26N8O/c1-26-24-28-19(16-9-10-18-20(12-16)30-31-22(18)25)13-21(29-24)32-11-5-8-17(14-32)27-23(33)15-6-3-2-4-7-15/h2-4,6-7,9-10,12-13,17H,5,8,11,14H2,1H3,(H,27,33)(H3,25,30,31)(H,26,28,29)/t17-/m1/s1. The van der Waals surface area contributed by atoms with E-state index in [0.29, 0.717) is 23.9 Å². The van der Waals surface area contributed by atoms with Gasteiger partial charge < -0.3 is 21.3 Å². The third-order valence-electron chi connectivity index (χ3n) is 5.94. The first-order chi connectivity index (χ1) is 16.1. The lowest BCUT2D eigenvalue weighted by atomic mass is 10.0. The minimum Gasteiger partial charge on any atom is -0.382 e. The van der Waals surface area contributed by atoms with Gasteiger partial charge in [0.15, 0.2) is 5.82 Å². The van der Waals surface area contributed by atoms with Gasteiger partial charge in [0, 0.05) is 48.8 Å². The molecule has 1 aliphatic rings. The molecule has 0 unspecified atom stereocenters. The van der Waals surface area contributed by atoms with E-state index < -0.39 is 0 Å². The summed E-state index contributed by atoms with van der Waals surface area (Å²) in [5.74, 6) is 1.80. The number of benzene rings is 2. The van der Waals surface area contributed by atoms with Crippen LogP contribution in [0.3, 0.4) is 0 Å². The number of carbonyl (C=O) groups excluding carboxylic acids is 1. The Balaban J connectivity index is 1.39. The van der Waals surface area contributed by atoms with Crippen LogP contribution in [0.2, 0.25) is 0 Å². The van der Waals surface area contributed by atoms with Crippen LogP contribution in [0.4, 0.5) is 17.6 Å². The van der Waals surface area contributed by atoms with Crippen molar-refractivity contribution in [3.63, 3.8) is 0 Å². The van der Waals surface area contributed by atoms with E-state index in [2.05, 4.69) is 30.7 Å². The number of amides is 1. The topological polar surface area (TPSA) is 125 Å². The van der Waals surface area contributed by atoms with Crippen molar-refractivity contribution in [3.05, 3.63) is 60.2 Å². The second-order valence-electron chi connectivity index (χ2n) is 8.18. The Morgan fingerprint density at radius 1 is 1.15 bits per heavy atom. The second-order valence-corrected chi connectivity index (χ2v) is 8.18. The zero-order chi connectivity index (χ0) is 22.8. The van der Waals surface area contributed by atoms with E-state index >= 15 is 0 Å². The molecule has 1 amide bonds. The molecule has 9 heteroatoms. The summed E-state index contributed by atoms with van der Waals surface area (Å²) in [5.41, 5.74) is 9.18. The van der Waals surface area contributed by atoms with E-state index in [0.717, 1.165) is 47.4 Å². The quantitative estimate of drug-likeness (QED) is 0.374. The van der Waals surface area contributed by atoms with Crippen LogP contribution in [0.1, 0.15) is 23.2 Å². The molecule has 3 heterocycles. The van der Waals surface area contributed by atoms with Crippen molar-refractivity contribution >= 4 is 34.4 Å². The Hall–Kier alpha value is -4.14. The number of H-pyrrole nitrogens is 1. The van der Waals surface area contributed by atoms with E-state index in [1.165, 1.54) is 0 Å². The van der Waals surface area contributed by atoms with E-state index in [1.54, 1.807) is 7.05 Å². The molecule has 0 aliphatic carbocycles. The first-order valence-corrected chi connectivity index (χ1v) is 11.0. The summed E-state index contributed by atoms with van der Waals surface area (Å²) in [6.45, 7) is 1.56. The lowest BCUT2D eigenvalue weighted by Crippen LogP contribution is -2.48. The summed E-state index contributed by atoms with van der Waals surface area (Å²) in [6.07, 6.45) is 1.90. The molecule has 4 aromatic rings. The number of hydrogen-bond donors (Lipinski definition) is 4. The predicted octanol–water partition coefficient (Wildman–Crippen LogP) is 3.04. The molecule has 2 aromatic carbocycles. The molecule has 5 rings (SSSR count). The SMILES string of the molecule is CNc1nc(-c2ccc3c(N)n[nH]c3c2)cc(N2CCC[C@@H](NC(=O)c3ccccc3)C2)n1. The molecule has 0 radical (unpaired) electrons. The number of nitrogens with zero attached hydrogens (tertiary/aromatic N) is 4. The van der Waals surface area contributed by atoms with Crippen LogP contribution in [-0.4, -0.2) is 52.3 Å². The van der Waals surface area contributed by atoms with Gasteiger partial charge in [0.25, 0.3) is 5.91 Å². The molecule has 33 heavy (non-hydrogen) atoms. The first-order valence-electron chi connectivity index (χ1n) is 11.0. The van der Waals surface area contributed by atoms with Gasteiger partial charge in [-0.25, -0.2) is 4.98 Å².